The number of sulfonamides is 1. The number of carbonyl (C=O) groups excluding carboxylic acids is 2. The second kappa shape index (κ2) is 6.46. The lowest BCUT2D eigenvalue weighted by molar-refractivity contribution is -0.120. The van der Waals surface area contributed by atoms with Gasteiger partial charge in [0.25, 0.3) is 11.8 Å². The molecule has 9 heteroatoms. The maximum atomic E-state index is 11.8. The molecule has 0 saturated carbocycles. The Hall–Kier alpha value is -1.97. The maximum Gasteiger partial charge on any atom is 0.253 e. The first-order chi connectivity index (χ1) is 9.28. The van der Waals surface area contributed by atoms with E-state index in [0.717, 1.165) is 4.31 Å². The third kappa shape index (κ3) is 3.76. The lowest BCUT2D eigenvalue weighted by atomic mass is 10.2. The molecule has 1 aromatic carbocycles. The topological polar surface area (TPSA) is 122 Å². The average Bonchev–Trinajstić information content (AvgIpc) is 2.44. The minimum absolute atomic E-state index is 0.0822. The summed E-state index contributed by atoms with van der Waals surface area (Å²) < 4.78 is 24.7. The van der Waals surface area contributed by atoms with Gasteiger partial charge in [-0.05, 0) is 24.3 Å². The molecular formula is C11H16N4O4S. The van der Waals surface area contributed by atoms with E-state index in [2.05, 4.69) is 5.32 Å². The highest BCUT2D eigenvalue weighted by Crippen LogP contribution is 2.13. The SMILES string of the molecule is CN(C)S(=O)(=O)c1ccc(C(=O)NCC(=O)NN)cc1. The second-order valence-electron chi connectivity index (χ2n) is 4.06. The lowest BCUT2D eigenvalue weighted by Gasteiger charge is -2.11. The standard InChI is InChI=1S/C11H16N4O4S/c1-15(2)20(18,19)9-5-3-8(4-6-9)11(17)13-7-10(16)14-12/h3-6H,7,12H2,1-2H3,(H,13,17)(H,14,16). The lowest BCUT2D eigenvalue weighted by Crippen LogP contribution is -2.40. The Bertz CT molecular complexity index is 595. The number of nitrogens with one attached hydrogen (secondary N) is 2. The van der Waals surface area contributed by atoms with Crippen LogP contribution in [0.3, 0.4) is 0 Å². The Morgan fingerprint density at radius 2 is 1.75 bits per heavy atom. The number of carbonyl (C=O) groups is 2. The Morgan fingerprint density at radius 3 is 2.20 bits per heavy atom. The number of nitrogens with zero attached hydrogens (tertiary/aromatic N) is 1. The zero-order chi connectivity index (χ0) is 15.3. The van der Waals surface area contributed by atoms with Gasteiger partial charge in [0.2, 0.25) is 10.0 Å². The van der Waals surface area contributed by atoms with Crippen LogP contribution in [0.4, 0.5) is 0 Å². The van der Waals surface area contributed by atoms with Gasteiger partial charge >= 0.3 is 0 Å². The van der Waals surface area contributed by atoms with E-state index in [1.807, 2.05) is 5.43 Å². The summed E-state index contributed by atoms with van der Waals surface area (Å²) >= 11 is 0. The largest absolute Gasteiger partial charge is 0.343 e. The van der Waals surface area contributed by atoms with Crippen LogP contribution in [-0.4, -0.2) is 45.2 Å². The molecule has 1 rings (SSSR count). The predicted molar refractivity (Wildman–Crippen MR) is 72.0 cm³/mol. The van der Waals surface area contributed by atoms with E-state index < -0.39 is 21.8 Å². The summed E-state index contributed by atoms with van der Waals surface area (Å²) in [5.41, 5.74) is 2.12. The van der Waals surface area contributed by atoms with Gasteiger partial charge in [0.05, 0.1) is 11.4 Å². The smallest absolute Gasteiger partial charge is 0.253 e. The average molecular weight is 300 g/mol. The molecule has 0 saturated heterocycles. The summed E-state index contributed by atoms with van der Waals surface area (Å²) in [5, 5.41) is 2.34. The molecule has 1 aromatic rings. The van der Waals surface area contributed by atoms with E-state index in [1.54, 1.807) is 0 Å². The molecule has 0 atom stereocenters. The monoisotopic (exact) mass is 300 g/mol. The third-order valence-electron chi connectivity index (χ3n) is 2.47. The second-order valence-corrected chi connectivity index (χ2v) is 6.21. The van der Waals surface area contributed by atoms with Gasteiger partial charge in [-0.25, -0.2) is 18.6 Å². The summed E-state index contributed by atoms with van der Waals surface area (Å²) in [5.74, 6) is 3.84. The zero-order valence-corrected chi connectivity index (χ0v) is 11.9. The summed E-state index contributed by atoms with van der Waals surface area (Å²) in [6, 6.07) is 5.39. The fourth-order valence-electron chi connectivity index (χ4n) is 1.30. The van der Waals surface area contributed by atoms with Crippen LogP contribution in [0.25, 0.3) is 0 Å². The first-order valence-electron chi connectivity index (χ1n) is 5.59. The van der Waals surface area contributed by atoms with Crippen molar-refractivity contribution in [3.05, 3.63) is 29.8 Å². The summed E-state index contributed by atoms with van der Waals surface area (Å²) in [6.07, 6.45) is 0. The molecule has 0 aliphatic heterocycles. The normalized spacial score (nSPS) is 11.2. The Morgan fingerprint density at radius 1 is 1.20 bits per heavy atom. The molecule has 0 aliphatic carbocycles. The molecule has 20 heavy (non-hydrogen) atoms. The molecular weight excluding hydrogens is 284 g/mol. The van der Waals surface area contributed by atoms with E-state index >= 15 is 0 Å². The molecule has 0 aliphatic rings. The highest BCUT2D eigenvalue weighted by molar-refractivity contribution is 7.89. The van der Waals surface area contributed by atoms with E-state index in [-0.39, 0.29) is 17.0 Å². The molecule has 0 radical (unpaired) electrons. The van der Waals surface area contributed by atoms with Crippen molar-refractivity contribution >= 4 is 21.8 Å². The van der Waals surface area contributed by atoms with Crippen molar-refractivity contribution in [3.8, 4) is 0 Å². The number of hydrogen-bond donors (Lipinski definition) is 3. The molecule has 0 heterocycles. The van der Waals surface area contributed by atoms with Gasteiger partial charge in [-0.3, -0.25) is 15.0 Å². The molecule has 0 aromatic heterocycles. The molecule has 0 unspecified atom stereocenters. The van der Waals surface area contributed by atoms with Gasteiger partial charge in [-0.2, -0.15) is 0 Å². The van der Waals surface area contributed by atoms with Gasteiger partial charge in [0.15, 0.2) is 0 Å². The van der Waals surface area contributed by atoms with Crippen molar-refractivity contribution in [2.45, 2.75) is 4.90 Å². The van der Waals surface area contributed by atoms with E-state index in [9.17, 15) is 18.0 Å². The van der Waals surface area contributed by atoms with Crippen molar-refractivity contribution in [1.82, 2.24) is 15.0 Å². The Kier molecular flexibility index (Phi) is 5.19. The molecule has 110 valence electrons. The summed E-state index contributed by atoms with van der Waals surface area (Å²) in [7, 11) is -0.692. The fourth-order valence-corrected chi connectivity index (χ4v) is 2.20. The number of rotatable bonds is 5. The third-order valence-corrected chi connectivity index (χ3v) is 4.29. The number of hydrazine groups is 1. The molecule has 0 fully saturated rings. The molecule has 0 bridgehead atoms. The number of amides is 2. The van der Waals surface area contributed by atoms with E-state index in [1.165, 1.54) is 38.4 Å². The van der Waals surface area contributed by atoms with Crippen LogP contribution in [0, 0.1) is 0 Å². The quantitative estimate of drug-likeness (QED) is 0.353. The van der Waals surface area contributed by atoms with Gasteiger partial charge in [0, 0.05) is 19.7 Å². The number of benzene rings is 1. The molecule has 2 amide bonds. The highest BCUT2D eigenvalue weighted by atomic mass is 32.2. The molecule has 8 nitrogen and oxygen atoms in total. The van der Waals surface area contributed by atoms with Gasteiger partial charge in [-0.1, -0.05) is 0 Å². The highest BCUT2D eigenvalue weighted by Gasteiger charge is 2.17. The summed E-state index contributed by atoms with van der Waals surface area (Å²) in [4.78, 5) is 22.6. The van der Waals surface area contributed by atoms with Crippen LogP contribution in [0.1, 0.15) is 10.4 Å². The van der Waals surface area contributed by atoms with Gasteiger partial charge in [-0.15, -0.1) is 0 Å². The fraction of sp³-hybridized carbons (Fsp3) is 0.273. The van der Waals surface area contributed by atoms with Crippen molar-refractivity contribution in [2.75, 3.05) is 20.6 Å². The van der Waals surface area contributed by atoms with Crippen LogP contribution < -0.4 is 16.6 Å². The number of nitrogens with two attached hydrogens (primary N) is 1. The minimum atomic E-state index is -3.53. The predicted octanol–water partition coefficient (Wildman–Crippen LogP) is -1.34. The minimum Gasteiger partial charge on any atom is -0.343 e. The van der Waals surface area contributed by atoms with E-state index in [4.69, 9.17) is 5.84 Å². The van der Waals surface area contributed by atoms with Crippen LogP contribution in [-0.2, 0) is 14.8 Å². The molecule has 0 spiro atoms. The first kappa shape index (κ1) is 16.1. The van der Waals surface area contributed by atoms with Crippen molar-refractivity contribution in [3.63, 3.8) is 0 Å². The maximum absolute atomic E-state index is 11.8. The van der Waals surface area contributed by atoms with Crippen LogP contribution in [0.5, 0.6) is 0 Å². The summed E-state index contributed by atoms with van der Waals surface area (Å²) in [6.45, 7) is -0.257. The van der Waals surface area contributed by atoms with Crippen LogP contribution >= 0.6 is 0 Å². The van der Waals surface area contributed by atoms with Crippen LogP contribution in [0.15, 0.2) is 29.2 Å². The first-order valence-corrected chi connectivity index (χ1v) is 7.03. The number of hydrogen-bond acceptors (Lipinski definition) is 5. The Labute approximate surface area is 117 Å². The molecule has 4 N–H and O–H groups in total. The van der Waals surface area contributed by atoms with Gasteiger partial charge in [0.1, 0.15) is 0 Å². The Balaban J connectivity index is 2.82. The van der Waals surface area contributed by atoms with Crippen molar-refractivity contribution < 1.29 is 18.0 Å². The van der Waals surface area contributed by atoms with Crippen molar-refractivity contribution in [1.29, 1.82) is 0 Å². The van der Waals surface area contributed by atoms with Crippen LogP contribution in [0.2, 0.25) is 0 Å². The van der Waals surface area contributed by atoms with Gasteiger partial charge < -0.3 is 5.32 Å². The zero-order valence-electron chi connectivity index (χ0n) is 11.1. The van der Waals surface area contributed by atoms with Crippen molar-refractivity contribution in [2.24, 2.45) is 5.84 Å². The van der Waals surface area contributed by atoms with E-state index in [0.29, 0.717) is 0 Å².